The van der Waals surface area contributed by atoms with Gasteiger partial charge in [0.2, 0.25) is 0 Å². The molecule has 25 heavy (non-hydrogen) atoms. The van der Waals surface area contributed by atoms with Crippen molar-refractivity contribution in [3.63, 3.8) is 0 Å². The molecule has 1 aromatic carbocycles. The van der Waals surface area contributed by atoms with Gasteiger partial charge in [0.25, 0.3) is 0 Å². The molecule has 0 aliphatic carbocycles. The third-order valence-electron chi connectivity index (χ3n) is 4.13. The zero-order valence-corrected chi connectivity index (χ0v) is 13.9. The van der Waals surface area contributed by atoms with Crippen LogP contribution in [0.5, 0.6) is 0 Å². The maximum absolute atomic E-state index is 4.83. The molecule has 4 heterocycles. The van der Waals surface area contributed by atoms with E-state index in [-0.39, 0.29) is 0 Å². The predicted octanol–water partition coefficient (Wildman–Crippen LogP) is 4.74. The van der Waals surface area contributed by atoms with Gasteiger partial charge in [-0.1, -0.05) is 30.3 Å². The van der Waals surface area contributed by atoms with Crippen LogP contribution in [0.3, 0.4) is 0 Å². The van der Waals surface area contributed by atoms with Crippen LogP contribution in [0.4, 0.5) is 0 Å². The molecule has 0 fully saturated rings. The fraction of sp³-hybridized carbons (Fsp3) is 0. The number of pyridine rings is 1. The molecule has 5 nitrogen and oxygen atoms in total. The molecule has 6 heteroatoms. The summed E-state index contributed by atoms with van der Waals surface area (Å²) in [6.45, 7) is 0. The van der Waals surface area contributed by atoms with Crippen LogP contribution in [0, 0.1) is 0 Å². The van der Waals surface area contributed by atoms with E-state index < -0.39 is 0 Å². The van der Waals surface area contributed by atoms with Gasteiger partial charge in [-0.25, -0.2) is 15.0 Å². The minimum absolute atomic E-state index is 0.874. The zero-order chi connectivity index (χ0) is 16.6. The normalized spacial score (nSPS) is 11.2. The summed E-state index contributed by atoms with van der Waals surface area (Å²) in [7, 11) is 0. The van der Waals surface area contributed by atoms with E-state index in [1.807, 2.05) is 30.5 Å². The van der Waals surface area contributed by atoms with E-state index in [4.69, 9.17) is 4.98 Å². The largest absolute Gasteiger partial charge is 0.345 e. The highest BCUT2D eigenvalue weighted by molar-refractivity contribution is 7.13. The SMILES string of the molecule is c1ccc(-c2nc[nH]c2-c2nc(-c3c[nH]c4ncccc34)cs2)cc1. The fourth-order valence-electron chi connectivity index (χ4n) is 2.95. The van der Waals surface area contributed by atoms with E-state index in [2.05, 4.69) is 43.5 Å². The molecule has 5 rings (SSSR count). The van der Waals surface area contributed by atoms with Crippen molar-refractivity contribution in [1.82, 2.24) is 24.9 Å². The maximum Gasteiger partial charge on any atom is 0.142 e. The van der Waals surface area contributed by atoms with Crippen molar-refractivity contribution < 1.29 is 0 Å². The molecule has 0 atom stereocenters. The number of H-pyrrole nitrogens is 2. The summed E-state index contributed by atoms with van der Waals surface area (Å²) in [5.41, 5.74) is 5.81. The Bertz CT molecular complexity index is 1150. The highest BCUT2D eigenvalue weighted by Crippen LogP contribution is 2.35. The average molecular weight is 343 g/mol. The molecule has 0 aliphatic rings. The smallest absolute Gasteiger partial charge is 0.142 e. The van der Waals surface area contributed by atoms with Crippen LogP contribution in [0.25, 0.3) is 44.2 Å². The highest BCUT2D eigenvalue weighted by Gasteiger charge is 2.16. The zero-order valence-electron chi connectivity index (χ0n) is 13.1. The predicted molar refractivity (Wildman–Crippen MR) is 100 cm³/mol. The van der Waals surface area contributed by atoms with Crippen LogP contribution >= 0.6 is 11.3 Å². The van der Waals surface area contributed by atoms with Crippen molar-refractivity contribution in [1.29, 1.82) is 0 Å². The first kappa shape index (κ1) is 14.1. The quantitative estimate of drug-likeness (QED) is 0.497. The molecule has 5 aromatic rings. The van der Waals surface area contributed by atoms with Gasteiger partial charge in [-0.15, -0.1) is 11.3 Å². The Balaban J connectivity index is 1.59. The first-order valence-electron chi connectivity index (χ1n) is 7.87. The molecule has 0 spiro atoms. The van der Waals surface area contributed by atoms with Gasteiger partial charge < -0.3 is 9.97 Å². The third-order valence-corrected chi connectivity index (χ3v) is 4.99. The molecule has 2 N–H and O–H groups in total. The number of nitrogens with one attached hydrogen (secondary N) is 2. The maximum atomic E-state index is 4.83. The summed E-state index contributed by atoms with van der Waals surface area (Å²) < 4.78 is 0. The second-order valence-electron chi connectivity index (χ2n) is 5.63. The number of hydrogen-bond acceptors (Lipinski definition) is 4. The third kappa shape index (κ3) is 2.35. The number of thiazole rings is 1. The second-order valence-corrected chi connectivity index (χ2v) is 6.49. The Morgan fingerprint density at radius 3 is 2.76 bits per heavy atom. The molecule has 0 amide bonds. The molecule has 0 bridgehead atoms. The van der Waals surface area contributed by atoms with E-state index in [0.29, 0.717) is 0 Å². The van der Waals surface area contributed by atoms with Crippen LogP contribution < -0.4 is 0 Å². The molecule has 4 aromatic heterocycles. The lowest BCUT2D eigenvalue weighted by molar-refractivity contribution is 1.30. The van der Waals surface area contributed by atoms with E-state index in [9.17, 15) is 0 Å². The number of fused-ring (bicyclic) bond motifs is 1. The summed E-state index contributed by atoms with van der Waals surface area (Å²) in [4.78, 5) is 20.1. The van der Waals surface area contributed by atoms with Gasteiger partial charge in [0, 0.05) is 34.3 Å². The molecule has 0 saturated heterocycles. The minimum atomic E-state index is 0.874. The number of rotatable bonds is 3. The van der Waals surface area contributed by atoms with Gasteiger partial charge in [-0.3, -0.25) is 0 Å². The number of benzene rings is 1. The molecular weight excluding hydrogens is 330 g/mol. The summed E-state index contributed by atoms with van der Waals surface area (Å²) in [6.07, 6.45) is 5.46. The van der Waals surface area contributed by atoms with Gasteiger partial charge >= 0.3 is 0 Å². The molecule has 0 unspecified atom stereocenters. The van der Waals surface area contributed by atoms with E-state index in [1.165, 1.54) is 0 Å². The van der Waals surface area contributed by atoms with Crippen molar-refractivity contribution in [2.24, 2.45) is 0 Å². The molecule has 0 aliphatic heterocycles. The van der Waals surface area contributed by atoms with Crippen LogP contribution in [0.15, 0.2) is 66.6 Å². The number of nitrogens with zero attached hydrogens (tertiary/aromatic N) is 3. The molecule has 0 saturated carbocycles. The molecule has 0 radical (unpaired) electrons. The van der Waals surface area contributed by atoms with Crippen molar-refractivity contribution in [2.45, 2.75) is 0 Å². The average Bonchev–Trinajstić information content (AvgIpc) is 3.40. The van der Waals surface area contributed by atoms with E-state index >= 15 is 0 Å². The topological polar surface area (TPSA) is 70.2 Å². The number of imidazole rings is 1. The first-order valence-corrected chi connectivity index (χ1v) is 8.75. The summed E-state index contributed by atoms with van der Waals surface area (Å²) in [5.74, 6) is 0. The highest BCUT2D eigenvalue weighted by atomic mass is 32.1. The Hall–Kier alpha value is -3.25. The lowest BCUT2D eigenvalue weighted by Crippen LogP contribution is -1.84. The number of hydrogen-bond donors (Lipinski definition) is 2. The van der Waals surface area contributed by atoms with Crippen LogP contribution in [-0.2, 0) is 0 Å². The van der Waals surface area contributed by atoms with Crippen molar-refractivity contribution in [3.05, 3.63) is 66.6 Å². The summed E-state index contributed by atoms with van der Waals surface area (Å²) in [6, 6.07) is 14.1. The summed E-state index contributed by atoms with van der Waals surface area (Å²) >= 11 is 1.61. The van der Waals surface area contributed by atoms with Gasteiger partial charge in [0.1, 0.15) is 16.3 Å². The van der Waals surface area contributed by atoms with E-state index in [1.54, 1.807) is 23.9 Å². The Kier molecular flexibility index (Phi) is 3.21. The number of aromatic nitrogens is 5. The van der Waals surface area contributed by atoms with Gasteiger partial charge in [-0.05, 0) is 12.1 Å². The van der Waals surface area contributed by atoms with E-state index in [0.717, 1.165) is 44.2 Å². The minimum Gasteiger partial charge on any atom is -0.345 e. The van der Waals surface area contributed by atoms with Crippen LogP contribution in [0.2, 0.25) is 0 Å². The van der Waals surface area contributed by atoms with Crippen LogP contribution in [0.1, 0.15) is 0 Å². The van der Waals surface area contributed by atoms with Crippen molar-refractivity contribution in [3.8, 4) is 33.2 Å². The standard InChI is InChI=1S/C19H13N5S/c1-2-5-12(6-3-1)16-17(23-11-22-16)19-24-15(10-25-19)14-9-21-18-13(14)7-4-8-20-18/h1-11H,(H,20,21)(H,22,23). The Labute approximate surface area is 147 Å². The fourth-order valence-corrected chi connectivity index (χ4v) is 3.78. The lowest BCUT2D eigenvalue weighted by Gasteiger charge is -1.99. The Morgan fingerprint density at radius 1 is 0.920 bits per heavy atom. The van der Waals surface area contributed by atoms with Gasteiger partial charge in [0.05, 0.1) is 17.7 Å². The monoisotopic (exact) mass is 343 g/mol. The van der Waals surface area contributed by atoms with Gasteiger partial charge in [-0.2, -0.15) is 0 Å². The first-order chi connectivity index (χ1) is 12.4. The van der Waals surface area contributed by atoms with Gasteiger partial charge in [0.15, 0.2) is 0 Å². The molecular formula is C19H13N5S. The second kappa shape index (κ2) is 5.68. The lowest BCUT2D eigenvalue weighted by atomic mass is 10.1. The van der Waals surface area contributed by atoms with Crippen molar-refractivity contribution in [2.75, 3.05) is 0 Å². The summed E-state index contributed by atoms with van der Waals surface area (Å²) in [5, 5.41) is 4.07. The van der Waals surface area contributed by atoms with Crippen LogP contribution in [-0.4, -0.2) is 24.9 Å². The molecule has 120 valence electrons. The Morgan fingerprint density at radius 2 is 1.84 bits per heavy atom. The number of aromatic amines is 2. The van der Waals surface area contributed by atoms with Crippen molar-refractivity contribution >= 4 is 22.4 Å².